The molecule has 2 aliphatic carbocycles. The van der Waals surface area contributed by atoms with E-state index < -0.39 is 11.7 Å². The van der Waals surface area contributed by atoms with Crippen LogP contribution in [0.4, 0.5) is 0 Å². The molecule has 0 N–H and O–H groups in total. The van der Waals surface area contributed by atoms with E-state index in [2.05, 4.69) is 4.98 Å². The van der Waals surface area contributed by atoms with E-state index in [1.54, 1.807) is 0 Å². The number of Topliss-reactive ketones (excluding diaryl/α,β-unsaturated/α-hetero) is 1. The molecule has 5 unspecified atom stereocenters. The van der Waals surface area contributed by atoms with E-state index in [9.17, 15) is 19.6 Å². The summed E-state index contributed by atoms with van der Waals surface area (Å²) in [6.07, 6.45) is 4.89. The van der Waals surface area contributed by atoms with E-state index in [1.165, 1.54) is 11.3 Å². The van der Waals surface area contributed by atoms with Crippen molar-refractivity contribution in [1.82, 2.24) is 9.88 Å². The van der Waals surface area contributed by atoms with E-state index >= 15 is 0 Å². The predicted octanol–water partition coefficient (Wildman–Crippen LogP) is 2.25. The highest BCUT2D eigenvalue weighted by Crippen LogP contribution is 2.52. The average Bonchev–Trinajstić information content (AvgIpc) is 3.36. The summed E-state index contributed by atoms with van der Waals surface area (Å²) in [5, 5.41) is 11.7. The Kier molecular flexibility index (Phi) is 4.03. The molecule has 5 atom stereocenters. The standard InChI is InChI=1S/C19H19N3O3S/c1-9(2)13-8-26-17(21-13)12(6-20)14(23)7-22-18(24)15-10-3-4-11(5-10)16(15)19(22)25/h3-4,8-12,15-16H,5,7H2,1-2H3. The van der Waals surface area contributed by atoms with Gasteiger partial charge in [-0.25, -0.2) is 4.98 Å². The van der Waals surface area contributed by atoms with Crippen LogP contribution in [0.25, 0.3) is 0 Å². The summed E-state index contributed by atoms with van der Waals surface area (Å²) in [7, 11) is 0. The number of rotatable bonds is 5. The summed E-state index contributed by atoms with van der Waals surface area (Å²) >= 11 is 1.27. The maximum atomic E-state index is 12.7. The van der Waals surface area contributed by atoms with Crippen molar-refractivity contribution in [3.63, 3.8) is 0 Å². The monoisotopic (exact) mass is 369 g/mol. The topological polar surface area (TPSA) is 91.1 Å². The molecule has 6 nitrogen and oxygen atoms in total. The quantitative estimate of drug-likeness (QED) is 0.586. The highest BCUT2D eigenvalue weighted by Gasteiger charge is 2.59. The van der Waals surface area contributed by atoms with E-state index in [0.29, 0.717) is 5.01 Å². The first-order chi connectivity index (χ1) is 12.4. The van der Waals surface area contributed by atoms with Gasteiger partial charge in [-0.3, -0.25) is 19.3 Å². The Morgan fingerprint density at radius 3 is 2.42 bits per heavy atom. The number of carbonyl (C=O) groups is 3. The third-order valence-electron chi connectivity index (χ3n) is 5.70. The van der Waals surface area contributed by atoms with Gasteiger partial charge in [0.15, 0.2) is 11.7 Å². The third kappa shape index (κ3) is 2.43. The molecule has 0 spiro atoms. The van der Waals surface area contributed by atoms with Crippen molar-refractivity contribution in [3.8, 4) is 6.07 Å². The lowest BCUT2D eigenvalue weighted by Crippen LogP contribution is -2.38. The van der Waals surface area contributed by atoms with E-state index in [-0.39, 0.29) is 47.9 Å². The fraction of sp³-hybridized carbons (Fsp3) is 0.526. The van der Waals surface area contributed by atoms with Crippen LogP contribution >= 0.6 is 11.3 Å². The van der Waals surface area contributed by atoms with Crippen molar-refractivity contribution in [3.05, 3.63) is 28.2 Å². The fourth-order valence-electron chi connectivity index (χ4n) is 4.33. The van der Waals surface area contributed by atoms with Gasteiger partial charge in [-0.1, -0.05) is 26.0 Å². The van der Waals surface area contributed by atoms with Crippen LogP contribution in [0, 0.1) is 35.0 Å². The second-order valence-corrected chi connectivity index (χ2v) is 8.45. The summed E-state index contributed by atoms with van der Waals surface area (Å²) in [6.45, 7) is 3.65. The molecule has 2 bridgehead atoms. The molecule has 1 saturated carbocycles. The van der Waals surface area contributed by atoms with Gasteiger partial charge in [0, 0.05) is 5.38 Å². The molecule has 134 valence electrons. The van der Waals surface area contributed by atoms with Crippen LogP contribution in [0.5, 0.6) is 0 Å². The normalized spacial score (nSPS) is 30.2. The predicted molar refractivity (Wildman–Crippen MR) is 94.0 cm³/mol. The SMILES string of the molecule is CC(C)c1csc(C(C#N)C(=O)CN2C(=O)C3C4C=CC(C4)C3C2=O)n1. The second-order valence-electron chi connectivity index (χ2n) is 7.56. The number of ketones is 1. The molecule has 1 saturated heterocycles. The summed E-state index contributed by atoms with van der Waals surface area (Å²) in [5.41, 5.74) is 0.837. The molecule has 2 heterocycles. The van der Waals surface area contributed by atoms with Crippen LogP contribution in [-0.2, 0) is 14.4 Å². The van der Waals surface area contributed by atoms with Crippen LogP contribution in [-0.4, -0.2) is 34.0 Å². The van der Waals surface area contributed by atoms with Gasteiger partial charge in [-0.05, 0) is 24.2 Å². The molecular formula is C19H19N3O3S. The summed E-state index contributed by atoms with van der Waals surface area (Å²) in [4.78, 5) is 43.5. The Morgan fingerprint density at radius 2 is 1.92 bits per heavy atom. The van der Waals surface area contributed by atoms with Crippen LogP contribution in [0.1, 0.15) is 42.8 Å². The van der Waals surface area contributed by atoms with Crippen LogP contribution < -0.4 is 0 Å². The number of thiazole rings is 1. The number of carbonyl (C=O) groups excluding carboxylic acids is 3. The maximum Gasteiger partial charge on any atom is 0.234 e. The Bertz CT molecular complexity index is 836. The fourth-order valence-corrected chi connectivity index (χ4v) is 5.38. The zero-order valence-corrected chi connectivity index (χ0v) is 15.4. The molecule has 2 amide bonds. The zero-order chi connectivity index (χ0) is 18.6. The molecule has 26 heavy (non-hydrogen) atoms. The molecule has 4 rings (SSSR count). The number of fused-ring (bicyclic) bond motifs is 5. The smallest absolute Gasteiger partial charge is 0.234 e. The first-order valence-electron chi connectivity index (χ1n) is 8.83. The molecule has 0 radical (unpaired) electrons. The number of nitrogens with zero attached hydrogens (tertiary/aromatic N) is 3. The number of imide groups is 1. The minimum atomic E-state index is -1.04. The lowest BCUT2D eigenvalue weighted by atomic mass is 9.85. The molecule has 7 heteroatoms. The molecule has 0 aromatic carbocycles. The van der Waals surface area contributed by atoms with E-state index in [4.69, 9.17) is 0 Å². The van der Waals surface area contributed by atoms with Crippen LogP contribution in [0.3, 0.4) is 0 Å². The number of allylic oxidation sites excluding steroid dienone is 2. The number of nitriles is 1. The third-order valence-corrected chi connectivity index (χ3v) is 6.63. The van der Waals surface area contributed by atoms with Gasteiger partial charge < -0.3 is 0 Å². The first-order valence-corrected chi connectivity index (χ1v) is 9.71. The highest BCUT2D eigenvalue weighted by atomic mass is 32.1. The number of hydrogen-bond donors (Lipinski definition) is 0. The zero-order valence-electron chi connectivity index (χ0n) is 14.6. The van der Waals surface area contributed by atoms with Crippen molar-refractivity contribution in [2.24, 2.45) is 23.7 Å². The van der Waals surface area contributed by atoms with Gasteiger partial charge in [0.1, 0.15) is 5.01 Å². The Morgan fingerprint density at radius 1 is 1.31 bits per heavy atom. The molecule has 1 aromatic rings. The number of amides is 2. The average molecular weight is 369 g/mol. The summed E-state index contributed by atoms with van der Waals surface area (Å²) < 4.78 is 0. The second kappa shape index (κ2) is 6.13. The van der Waals surface area contributed by atoms with Crippen molar-refractivity contribution in [1.29, 1.82) is 5.26 Å². The van der Waals surface area contributed by atoms with Gasteiger partial charge in [0.2, 0.25) is 11.8 Å². The first kappa shape index (κ1) is 17.1. The van der Waals surface area contributed by atoms with Crippen molar-refractivity contribution in [2.45, 2.75) is 32.1 Å². The van der Waals surface area contributed by atoms with E-state index in [1.807, 2.05) is 37.4 Å². The highest BCUT2D eigenvalue weighted by molar-refractivity contribution is 7.10. The van der Waals surface area contributed by atoms with Gasteiger partial charge in [-0.15, -0.1) is 11.3 Å². The van der Waals surface area contributed by atoms with Gasteiger partial charge >= 0.3 is 0 Å². The van der Waals surface area contributed by atoms with Gasteiger partial charge in [0.25, 0.3) is 0 Å². The minimum Gasteiger partial charge on any atom is -0.296 e. The molecule has 1 aliphatic heterocycles. The maximum absolute atomic E-state index is 12.7. The van der Waals surface area contributed by atoms with E-state index in [0.717, 1.165) is 17.0 Å². The molecule has 2 fully saturated rings. The Balaban J connectivity index is 1.51. The molecule has 1 aromatic heterocycles. The van der Waals surface area contributed by atoms with Crippen LogP contribution in [0.2, 0.25) is 0 Å². The van der Waals surface area contributed by atoms with Gasteiger partial charge in [0.05, 0.1) is 30.1 Å². The summed E-state index contributed by atoms with van der Waals surface area (Å²) in [6, 6.07) is 1.99. The Labute approximate surface area is 155 Å². The van der Waals surface area contributed by atoms with Crippen LogP contribution in [0.15, 0.2) is 17.5 Å². The van der Waals surface area contributed by atoms with Crippen molar-refractivity contribution < 1.29 is 14.4 Å². The Hall–Kier alpha value is -2.33. The lowest BCUT2D eigenvalue weighted by molar-refractivity contribution is -0.144. The number of likely N-dealkylation sites (tertiary alicyclic amines) is 1. The lowest BCUT2D eigenvalue weighted by Gasteiger charge is -2.17. The molecule has 3 aliphatic rings. The van der Waals surface area contributed by atoms with Crippen molar-refractivity contribution in [2.75, 3.05) is 6.54 Å². The largest absolute Gasteiger partial charge is 0.296 e. The van der Waals surface area contributed by atoms with Gasteiger partial charge in [-0.2, -0.15) is 5.26 Å². The van der Waals surface area contributed by atoms with Crippen molar-refractivity contribution >= 4 is 28.9 Å². The minimum absolute atomic E-state index is 0.112. The molecular weight excluding hydrogens is 350 g/mol. The number of hydrogen-bond acceptors (Lipinski definition) is 6. The number of aromatic nitrogens is 1. The summed E-state index contributed by atoms with van der Waals surface area (Å²) in [5.74, 6) is -2.22.